The summed E-state index contributed by atoms with van der Waals surface area (Å²) in [6.45, 7) is 0. The zero-order valence-electron chi connectivity index (χ0n) is 10.2. The second kappa shape index (κ2) is 5.66. The van der Waals surface area contributed by atoms with Gasteiger partial charge in [0.05, 0.1) is 9.82 Å². The lowest BCUT2D eigenvalue weighted by Crippen LogP contribution is -2.14. The van der Waals surface area contributed by atoms with E-state index in [0.717, 1.165) is 18.2 Å². The van der Waals surface area contributed by atoms with Crippen molar-refractivity contribution in [1.82, 2.24) is 4.98 Å². The van der Waals surface area contributed by atoms with Gasteiger partial charge in [0.15, 0.2) is 5.75 Å². The number of hydrogen-bond acceptors (Lipinski definition) is 6. The highest BCUT2D eigenvalue weighted by molar-refractivity contribution is 9.10. The number of benzene rings is 1. The van der Waals surface area contributed by atoms with Crippen LogP contribution in [0.1, 0.15) is 0 Å². The summed E-state index contributed by atoms with van der Waals surface area (Å²) in [4.78, 5) is 13.3. The molecule has 0 fully saturated rings. The van der Waals surface area contributed by atoms with Crippen LogP contribution in [-0.2, 0) is 10.0 Å². The minimum atomic E-state index is -4.04. The zero-order valence-corrected chi connectivity index (χ0v) is 12.6. The van der Waals surface area contributed by atoms with E-state index in [1.807, 2.05) is 0 Å². The summed E-state index contributed by atoms with van der Waals surface area (Å²) in [6.07, 6.45) is 1.40. The van der Waals surface area contributed by atoms with Gasteiger partial charge in [-0.3, -0.25) is 14.8 Å². The molecule has 1 aromatic carbocycles. The van der Waals surface area contributed by atoms with E-state index in [1.54, 1.807) is 6.07 Å². The molecule has 0 spiro atoms. The second-order valence-electron chi connectivity index (χ2n) is 3.87. The van der Waals surface area contributed by atoms with Gasteiger partial charge in [-0.05, 0) is 40.2 Å². The molecule has 0 saturated heterocycles. The number of hydrogen-bond donors (Lipinski definition) is 2. The number of halogens is 1. The monoisotopic (exact) mass is 373 g/mol. The Bertz CT molecular complexity index is 792. The number of nitrogens with one attached hydrogen (secondary N) is 1. The van der Waals surface area contributed by atoms with Crippen LogP contribution in [0, 0.1) is 10.1 Å². The van der Waals surface area contributed by atoms with Crippen LogP contribution in [0.4, 0.5) is 11.5 Å². The minimum Gasteiger partial charge on any atom is -0.502 e. The molecule has 10 heteroatoms. The number of aromatic nitrogens is 1. The summed E-state index contributed by atoms with van der Waals surface area (Å²) >= 11 is 3.16. The minimum absolute atomic E-state index is 0.0638. The Balaban J connectivity index is 2.38. The van der Waals surface area contributed by atoms with E-state index in [0.29, 0.717) is 4.47 Å². The normalized spacial score (nSPS) is 11.1. The first-order valence-corrected chi connectivity index (χ1v) is 7.69. The molecule has 0 aliphatic rings. The van der Waals surface area contributed by atoms with E-state index < -0.39 is 26.4 Å². The van der Waals surface area contributed by atoms with Crippen molar-refractivity contribution in [2.24, 2.45) is 0 Å². The molecule has 0 aliphatic carbocycles. The van der Waals surface area contributed by atoms with Gasteiger partial charge in [-0.1, -0.05) is 0 Å². The van der Waals surface area contributed by atoms with Crippen LogP contribution in [0.5, 0.6) is 5.75 Å². The first kappa shape index (κ1) is 15.2. The number of phenols is 1. The van der Waals surface area contributed by atoms with Crippen LogP contribution in [0.15, 0.2) is 45.9 Å². The third-order valence-corrected chi connectivity index (χ3v) is 4.24. The standard InChI is InChI=1S/C11H8BrN3O5S/c12-7-1-4-11(13-6-7)14-21(19,20)8-2-3-10(16)9(5-8)15(17)18/h1-6,16H,(H,13,14). The quantitative estimate of drug-likeness (QED) is 0.625. The van der Waals surface area contributed by atoms with Crippen molar-refractivity contribution in [3.05, 3.63) is 51.1 Å². The number of pyridine rings is 1. The lowest BCUT2D eigenvalue weighted by molar-refractivity contribution is -0.386. The number of sulfonamides is 1. The molecule has 0 unspecified atom stereocenters. The van der Waals surface area contributed by atoms with E-state index in [2.05, 4.69) is 25.6 Å². The third kappa shape index (κ3) is 3.47. The Morgan fingerprint density at radius 3 is 2.57 bits per heavy atom. The number of anilines is 1. The van der Waals surface area contributed by atoms with Crippen LogP contribution in [0.25, 0.3) is 0 Å². The molecule has 1 heterocycles. The fraction of sp³-hybridized carbons (Fsp3) is 0. The Morgan fingerprint density at radius 1 is 1.29 bits per heavy atom. The van der Waals surface area contributed by atoms with Gasteiger partial charge >= 0.3 is 5.69 Å². The number of aromatic hydroxyl groups is 1. The van der Waals surface area contributed by atoms with E-state index in [9.17, 15) is 23.6 Å². The zero-order chi connectivity index (χ0) is 15.6. The van der Waals surface area contributed by atoms with Crippen molar-refractivity contribution in [3.63, 3.8) is 0 Å². The number of rotatable bonds is 4. The van der Waals surface area contributed by atoms with E-state index >= 15 is 0 Å². The number of nitrogens with zero attached hydrogens (tertiary/aromatic N) is 2. The van der Waals surface area contributed by atoms with Crippen molar-refractivity contribution >= 4 is 37.5 Å². The predicted octanol–water partition coefficient (Wildman–Crippen LogP) is 2.26. The smallest absolute Gasteiger partial charge is 0.312 e. The molecule has 2 rings (SSSR count). The fourth-order valence-electron chi connectivity index (χ4n) is 1.45. The summed E-state index contributed by atoms with van der Waals surface area (Å²) in [5.41, 5.74) is -0.693. The van der Waals surface area contributed by atoms with Gasteiger partial charge in [0.25, 0.3) is 10.0 Å². The van der Waals surface area contributed by atoms with Gasteiger partial charge in [-0.2, -0.15) is 0 Å². The van der Waals surface area contributed by atoms with Gasteiger partial charge in [-0.25, -0.2) is 13.4 Å². The topological polar surface area (TPSA) is 122 Å². The second-order valence-corrected chi connectivity index (χ2v) is 6.47. The number of phenolic OH excluding ortho intramolecular Hbond substituents is 1. The van der Waals surface area contributed by atoms with Crippen molar-refractivity contribution in [1.29, 1.82) is 0 Å². The first-order valence-electron chi connectivity index (χ1n) is 5.41. The summed E-state index contributed by atoms with van der Waals surface area (Å²) < 4.78 is 27.1. The van der Waals surface area contributed by atoms with Crippen LogP contribution in [0.2, 0.25) is 0 Å². The van der Waals surface area contributed by atoms with Gasteiger partial charge in [0.1, 0.15) is 5.82 Å². The van der Waals surface area contributed by atoms with Gasteiger partial charge in [0.2, 0.25) is 0 Å². The highest BCUT2D eigenvalue weighted by Crippen LogP contribution is 2.28. The fourth-order valence-corrected chi connectivity index (χ4v) is 2.71. The molecule has 2 aromatic rings. The lowest BCUT2D eigenvalue weighted by Gasteiger charge is -2.07. The maximum Gasteiger partial charge on any atom is 0.312 e. The van der Waals surface area contributed by atoms with Crippen molar-refractivity contribution in [2.45, 2.75) is 4.90 Å². The number of nitro benzene ring substituents is 1. The molecular formula is C11H8BrN3O5S. The van der Waals surface area contributed by atoms with Crippen LogP contribution in [-0.4, -0.2) is 23.4 Å². The largest absolute Gasteiger partial charge is 0.502 e. The van der Waals surface area contributed by atoms with Crippen molar-refractivity contribution < 1.29 is 18.4 Å². The molecule has 0 saturated carbocycles. The first-order chi connectivity index (χ1) is 9.79. The SMILES string of the molecule is O=[N+]([O-])c1cc(S(=O)(=O)Nc2ccc(Br)cn2)ccc1O. The highest BCUT2D eigenvalue weighted by Gasteiger charge is 2.21. The van der Waals surface area contributed by atoms with E-state index in [4.69, 9.17) is 0 Å². The van der Waals surface area contributed by atoms with Crippen LogP contribution in [0.3, 0.4) is 0 Å². The van der Waals surface area contributed by atoms with Crippen molar-refractivity contribution in [3.8, 4) is 5.75 Å². The summed E-state index contributed by atoms with van der Waals surface area (Å²) in [5.74, 6) is -0.547. The van der Waals surface area contributed by atoms with Gasteiger partial charge in [-0.15, -0.1) is 0 Å². The Labute approximate surface area is 127 Å². The van der Waals surface area contributed by atoms with E-state index in [-0.39, 0.29) is 10.7 Å². The van der Waals surface area contributed by atoms with E-state index in [1.165, 1.54) is 12.3 Å². The molecule has 0 aliphatic heterocycles. The van der Waals surface area contributed by atoms with Crippen LogP contribution < -0.4 is 4.72 Å². The van der Waals surface area contributed by atoms with Crippen LogP contribution >= 0.6 is 15.9 Å². The molecule has 110 valence electrons. The maximum absolute atomic E-state index is 12.1. The average molecular weight is 374 g/mol. The Kier molecular flexibility index (Phi) is 4.09. The average Bonchev–Trinajstić information content (AvgIpc) is 2.41. The van der Waals surface area contributed by atoms with Gasteiger partial charge in [0, 0.05) is 16.7 Å². The maximum atomic E-state index is 12.1. The molecular weight excluding hydrogens is 366 g/mol. The molecule has 0 radical (unpaired) electrons. The molecule has 2 N–H and O–H groups in total. The van der Waals surface area contributed by atoms with Crippen molar-refractivity contribution in [2.75, 3.05) is 4.72 Å². The predicted molar refractivity (Wildman–Crippen MR) is 77.5 cm³/mol. The summed E-state index contributed by atoms with van der Waals surface area (Å²) in [5, 5.41) is 20.0. The Morgan fingerprint density at radius 2 is 2.00 bits per heavy atom. The molecule has 21 heavy (non-hydrogen) atoms. The summed E-state index contributed by atoms with van der Waals surface area (Å²) in [6, 6.07) is 5.79. The number of nitro groups is 1. The third-order valence-electron chi connectivity index (χ3n) is 2.42. The molecule has 0 atom stereocenters. The lowest BCUT2D eigenvalue weighted by atomic mass is 10.3. The molecule has 1 aromatic heterocycles. The molecule has 8 nitrogen and oxygen atoms in total. The highest BCUT2D eigenvalue weighted by atomic mass is 79.9. The Hall–Kier alpha value is -2.20. The molecule has 0 bridgehead atoms. The van der Waals surface area contributed by atoms with Gasteiger partial charge < -0.3 is 5.11 Å². The summed E-state index contributed by atoms with van der Waals surface area (Å²) in [7, 11) is -4.04. The molecule has 0 amide bonds.